The Morgan fingerprint density at radius 1 is 1.29 bits per heavy atom. The summed E-state index contributed by atoms with van der Waals surface area (Å²) in [5.41, 5.74) is 1.68. The number of carbonyl (C=O) groups is 3. The average molecular weight is 386 g/mol. The van der Waals surface area contributed by atoms with Crippen molar-refractivity contribution in [3.63, 3.8) is 0 Å². The quantitative estimate of drug-likeness (QED) is 0.445. The molecule has 11 nitrogen and oxygen atoms in total. The Morgan fingerprint density at radius 3 is 2.50 bits per heavy atom. The van der Waals surface area contributed by atoms with Crippen LogP contribution in [-0.4, -0.2) is 37.6 Å². The number of urea groups is 1. The number of nitrogens with one attached hydrogen (secondary N) is 2. The Morgan fingerprint density at radius 2 is 1.93 bits per heavy atom. The zero-order valence-corrected chi connectivity index (χ0v) is 15.4. The molecule has 4 amide bonds. The molecule has 0 unspecified atom stereocenters. The van der Waals surface area contributed by atoms with Gasteiger partial charge in [-0.25, -0.2) is 4.79 Å². The number of rotatable bonds is 5. The number of carbonyl (C=O) groups excluding carboxylic acids is 3. The van der Waals surface area contributed by atoms with Crippen molar-refractivity contribution in [3.05, 3.63) is 57.4 Å². The zero-order chi connectivity index (χ0) is 20.6. The fourth-order valence-corrected chi connectivity index (χ4v) is 3.11. The predicted octanol–water partition coefficient (Wildman–Crippen LogP) is 0.907. The van der Waals surface area contributed by atoms with Gasteiger partial charge >= 0.3 is 11.7 Å². The third kappa shape index (κ3) is 3.06. The molecule has 0 radical (unpaired) electrons. The fraction of sp³-hybridized carbons (Fsp3) is 0.294. The first-order chi connectivity index (χ1) is 13.1. The van der Waals surface area contributed by atoms with E-state index in [9.17, 15) is 24.5 Å². The lowest BCUT2D eigenvalue weighted by atomic mass is 9.92. The van der Waals surface area contributed by atoms with E-state index < -0.39 is 28.3 Å². The number of hydrogen-bond donors (Lipinski definition) is 2. The number of aromatic nitrogens is 2. The van der Waals surface area contributed by atoms with Gasteiger partial charge in [-0.2, -0.15) is 10.1 Å². The second-order valence-electron chi connectivity index (χ2n) is 6.53. The summed E-state index contributed by atoms with van der Waals surface area (Å²) >= 11 is 0. The summed E-state index contributed by atoms with van der Waals surface area (Å²) in [6, 6.07) is 7.86. The normalized spacial score (nSPS) is 18.9. The lowest BCUT2D eigenvalue weighted by Crippen LogP contribution is -2.49. The molecule has 0 bridgehead atoms. The summed E-state index contributed by atoms with van der Waals surface area (Å²) in [6.45, 7) is 4.08. The molecule has 0 spiro atoms. The Kier molecular flexibility index (Phi) is 4.59. The minimum atomic E-state index is -1.32. The van der Waals surface area contributed by atoms with Gasteiger partial charge in [0.15, 0.2) is 0 Å². The van der Waals surface area contributed by atoms with Crippen LogP contribution in [0, 0.1) is 24.0 Å². The molecule has 28 heavy (non-hydrogen) atoms. The SMILES string of the molecule is Cc1nn(CC(=O)NN2C(=O)N[C@@](C)(c3ccccc3)C2=O)c(C)c1[N+](=O)[O-]. The average Bonchev–Trinajstić information content (AvgIpc) is 3.03. The van der Waals surface area contributed by atoms with E-state index in [1.54, 1.807) is 37.3 Å². The number of aryl methyl sites for hydroxylation is 1. The van der Waals surface area contributed by atoms with Gasteiger partial charge in [-0.15, -0.1) is 0 Å². The molecular formula is C17H18N6O5. The van der Waals surface area contributed by atoms with Crippen LogP contribution < -0.4 is 10.7 Å². The highest BCUT2D eigenvalue weighted by molar-refractivity contribution is 6.08. The maximum Gasteiger partial charge on any atom is 0.344 e. The van der Waals surface area contributed by atoms with Gasteiger partial charge in [0.25, 0.3) is 11.8 Å². The van der Waals surface area contributed by atoms with E-state index in [4.69, 9.17) is 0 Å². The van der Waals surface area contributed by atoms with Gasteiger partial charge in [0.05, 0.1) is 4.92 Å². The molecule has 0 saturated carbocycles. The Bertz CT molecular complexity index is 985. The largest absolute Gasteiger partial charge is 0.344 e. The summed E-state index contributed by atoms with van der Waals surface area (Å²) in [5.74, 6) is -1.36. The van der Waals surface area contributed by atoms with Gasteiger partial charge in [-0.3, -0.25) is 29.8 Å². The van der Waals surface area contributed by atoms with E-state index in [1.165, 1.54) is 13.8 Å². The first kappa shape index (κ1) is 19.0. The van der Waals surface area contributed by atoms with E-state index in [0.29, 0.717) is 10.6 Å². The first-order valence-corrected chi connectivity index (χ1v) is 8.35. The molecule has 146 valence electrons. The van der Waals surface area contributed by atoms with E-state index in [1.807, 2.05) is 0 Å². The highest BCUT2D eigenvalue weighted by atomic mass is 16.6. The lowest BCUT2D eigenvalue weighted by molar-refractivity contribution is -0.386. The van der Waals surface area contributed by atoms with Crippen LogP contribution in [0.1, 0.15) is 23.9 Å². The van der Waals surface area contributed by atoms with Crippen molar-refractivity contribution in [3.8, 4) is 0 Å². The minimum absolute atomic E-state index is 0.168. The number of amides is 4. The van der Waals surface area contributed by atoms with E-state index in [-0.39, 0.29) is 23.6 Å². The fourth-order valence-electron chi connectivity index (χ4n) is 3.11. The van der Waals surface area contributed by atoms with Crippen LogP contribution in [0.3, 0.4) is 0 Å². The molecule has 11 heteroatoms. The van der Waals surface area contributed by atoms with Crippen LogP contribution in [0.4, 0.5) is 10.5 Å². The second kappa shape index (κ2) is 6.76. The van der Waals surface area contributed by atoms with Crippen LogP contribution >= 0.6 is 0 Å². The van der Waals surface area contributed by atoms with Crippen LogP contribution in [0.5, 0.6) is 0 Å². The van der Waals surface area contributed by atoms with E-state index in [0.717, 1.165) is 4.68 Å². The van der Waals surface area contributed by atoms with Gasteiger partial charge < -0.3 is 5.32 Å². The van der Waals surface area contributed by atoms with Crippen molar-refractivity contribution < 1.29 is 19.3 Å². The van der Waals surface area contributed by atoms with Crippen LogP contribution in [0.2, 0.25) is 0 Å². The molecule has 1 aromatic heterocycles. The highest BCUT2D eigenvalue weighted by Crippen LogP contribution is 2.27. The maximum atomic E-state index is 12.8. The molecule has 1 saturated heterocycles. The molecule has 2 heterocycles. The Labute approximate surface area is 159 Å². The molecule has 1 atom stereocenters. The predicted molar refractivity (Wildman–Crippen MR) is 95.7 cm³/mol. The van der Waals surface area contributed by atoms with Crippen LogP contribution in [0.25, 0.3) is 0 Å². The van der Waals surface area contributed by atoms with Gasteiger partial charge in [0, 0.05) is 0 Å². The summed E-state index contributed by atoms with van der Waals surface area (Å²) in [6.07, 6.45) is 0. The summed E-state index contributed by atoms with van der Waals surface area (Å²) in [5, 5.41) is 18.2. The molecule has 3 rings (SSSR count). The molecule has 1 aromatic carbocycles. The summed E-state index contributed by atoms with van der Waals surface area (Å²) in [7, 11) is 0. The first-order valence-electron chi connectivity index (χ1n) is 8.35. The number of nitrogens with zero attached hydrogens (tertiary/aromatic N) is 4. The second-order valence-corrected chi connectivity index (χ2v) is 6.53. The van der Waals surface area contributed by atoms with Gasteiger partial charge in [-0.1, -0.05) is 30.3 Å². The molecular weight excluding hydrogens is 368 g/mol. The van der Waals surface area contributed by atoms with Gasteiger partial charge in [0.1, 0.15) is 23.5 Å². The van der Waals surface area contributed by atoms with Crippen molar-refractivity contribution >= 4 is 23.5 Å². The number of hydrazine groups is 1. The minimum Gasteiger partial charge on any atom is -0.318 e. The smallest absolute Gasteiger partial charge is 0.318 e. The number of benzene rings is 1. The van der Waals surface area contributed by atoms with E-state index in [2.05, 4.69) is 15.8 Å². The topological polar surface area (TPSA) is 139 Å². The standard InChI is InChI=1S/C17H18N6O5/c1-10-14(23(27)28)11(2)21(19-10)9-13(24)20-22-15(25)17(3,18-16(22)26)12-7-5-4-6-8-12/h4-8H,9H2,1-3H3,(H,18,26)(H,20,24)/t17-/m0/s1. The third-order valence-corrected chi connectivity index (χ3v) is 4.60. The van der Waals surface area contributed by atoms with Crippen molar-refractivity contribution in [1.82, 2.24) is 25.5 Å². The molecule has 2 N–H and O–H groups in total. The van der Waals surface area contributed by atoms with Crippen molar-refractivity contribution in [2.75, 3.05) is 0 Å². The Hall–Kier alpha value is -3.76. The summed E-state index contributed by atoms with van der Waals surface area (Å²) < 4.78 is 1.15. The van der Waals surface area contributed by atoms with Crippen molar-refractivity contribution in [1.29, 1.82) is 0 Å². The van der Waals surface area contributed by atoms with Crippen molar-refractivity contribution in [2.45, 2.75) is 32.9 Å². The molecule has 0 aliphatic carbocycles. The lowest BCUT2D eigenvalue weighted by Gasteiger charge is -2.22. The monoisotopic (exact) mass is 386 g/mol. The van der Waals surface area contributed by atoms with E-state index >= 15 is 0 Å². The zero-order valence-electron chi connectivity index (χ0n) is 15.4. The van der Waals surface area contributed by atoms with Crippen LogP contribution in [-0.2, 0) is 21.7 Å². The number of imide groups is 1. The molecule has 1 aliphatic heterocycles. The summed E-state index contributed by atoms with van der Waals surface area (Å²) in [4.78, 5) is 47.8. The molecule has 1 fully saturated rings. The number of hydrogen-bond acceptors (Lipinski definition) is 6. The van der Waals surface area contributed by atoms with Gasteiger partial charge in [0.2, 0.25) is 0 Å². The highest BCUT2D eigenvalue weighted by Gasteiger charge is 2.50. The third-order valence-electron chi connectivity index (χ3n) is 4.60. The van der Waals surface area contributed by atoms with Crippen molar-refractivity contribution in [2.24, 2.45) is 0 Å². The van der Waals surface area contributed by atoms with Crippen LogP contribution in [0.15, 0.2) is 30.3 Å². The number of nitro groups is 1. The van der Waals surface area contributed by atoms with Gasteiger partial charge in [-0.05, 0) is 26.3 Å². The Balaban J connectivity index is 1.76. The maximum absolute atomic E-state index is 12.8. The molecule has 2 aromatic rings. The molecule has 1 aliphatic rings.